The summed E-state index contributed by atoms with van der Waals surface area (Å²) in [6.07, 6.45) is 8.04. The van der Waals surface area contributed by atoms with Gasteiger partial charge in [-0.05, 0) is 12.1 Å². The number of rotatable bonds is 5. The van der Waals surface area contributed by atoms with Gasteiger partial charge in [-0.2, -0.15) is 9.40 Å². The Hall–Kier alpha value is -3.51. The number of nitrogens with zero attached hydrogens (tertiary/aromatic N) is 5. The summed E-state index contributed by atoms with van der Waals surface area (Å²) in [5.41, 5.74) is 2.88. The minimum absolute atomic E-state index is 0.0534. The first kappa shape index (κ1) is 22.3. The van der Waals surface area contributed by atoms with E-state index in [1.807, 2.05) is 12.3 Å². The van der Waals surface area contributed by atoms with Gasteiger partial charge in [-0.3, -0.25) is 0 Å². The van der Waals surface area contributed by atoms with E-state index in [4.69, 9.17) is 4.74 Å². The Morgan fingerprint density at radius 2 is 1.79 bits per heavy atom. The lowest BCUT2D eigenvalue weighted by molar-refractivity contribution is 0.386. The van der Waals surface area contributed by atoms with Crippen molar-refractivity contribution in [2.75, 3.05) is 44.4 Å². The fourth-order valence-corrected chi connectivity index (χ4v) is 5.03. The SMILES string of the molecule is COc1c(F)cc(F)cc1-c1c[nH]c2ncc(-n3cc(N4CCN(S(C)(=O)=O)CC4)cn3)cc12. The zero-order valence-corrected chi connectivity index (χ0v) is 19.3. The van der Waals surface area contributed by atoms with Crippen molar-refractivity contribution in [2.45, 2.75) is 0 Å². The Balaban J connectivity index is 1.47. The average Bonchev–Trinajstić information content (AvgIpc) is 3.45. The first-order chi connectivity index (χ1) is 16.2. The lowest BCUT2D eigenvalue weighted by Gasteiger charge is -2.33. The van der Waals surface area contributed by atoms with E-state index in [2.05, 4.69) is 20.0 Å². The molecule has 1 saturated heterocycles. The van der Waals surface area contributed by atoms with Crippen molar-refractivity contribution in [3.63, 3.8) is 0 Å². The van der Waals surface area contributed by atoms with Crippen molar-refractivity contribution in [1.82, 2.24) is 24.1 Å². The molecule has 3 aromatic heterocycles. The van der Waals surface area contributed by atoms with Gasteiger partial charge in [-0.1, -0.05) is 0 Å². The number of H-pyrrole nitrogens is 1. The molecule has 0 saturated carbocycles. The second-order valence-corrected chi connectivity index (χ2v) is 10.0. The molecule has 9 nitrogen and oxygen atoms in total. The number of pyridine rings is 1. The number of aromatic nitrogens is 4. The van der Waals surface area contributed by atoms with Gasteiger partial charge in [0.15, 0.2) is 11.6 Å². The van der Waals surface area contributed by atoms with Crippen molar-refractivity contribution in [1.29, 1.82) is 0 Å². The Morgan fingerprint density at radius 1 is 1.03 bits per heavy atom. The fourth-order valence-electron chi connectivity index (χ4n) is 4.20. The van der Waals surface area contributed by atoms with Crippen LogP contribution in [0, 0.1) is 11.6 Å². The van der Waals surface area contributed by atoms with E-state index in [0.717, 1.165) is 11.8 Å². The molecule has 1 fully saturated rings. The maximum absolute atomic E-state index is 14.3. The third-order valence-electron chi connectivity index (χ3n) is 5.93. The van der Waals surface area contributed by atoms with Gasteiger partial charge in [0.2, 0.25) is 10.0 Å². The molecule has 0 radical (unpaired) electrons. The number of fused-ring (bicyclic) bond motifs is 1. The zero-order valence-electron chi connectivity index (χ0n) is 18.5. The highest BCUT2D eigenvalue weighted by Gasteiger charge is 2.24. The Bertz CT molecular complexity index is 1480. The smallest absolute Gasteiger partial charge is 0.211 e. The highest BCUT2D eigenvalue weighted by atomic mass is 32.2. The molecule has 0 unspecified atom stereocenters. The van der Waals surface area contributed by atoms with E-state index in [1.165, 1.54) is 23.7 Å². The summed E-state index contributed by atoms with van der Waals surface area (Å²) >= 11 is 0. The molecule has 12 heteroatoms. The van der Waals surface area contributed by atoms with E-state index < -0.39 is 21.7 Å². The molecule has 0 spiro atoms. The van der Waals surface area contributed by atoms with Crippen molar-refractivity contribution in [3.05, 3.63) is 54.6 Å². The zero-order chi connectivity index (χ0) is 24.0. The molecule has 0 aliphatic carbocycles. The number of piperazine rings is 1. The van der Waals surface area contributed by atoms with Crippen LogP contribution >= 0.6 is 0 Å². The summed E-state index contributed by atoms with van der Waals surface area (Å²) in [4.78, 5) is 9.53. The van der Waals surface area contributed by atoms with Gasteiger partial charge in [0.25, 0.3) is 0 Å². The van der Waals surface area contributed by atoms with Gasteiger partial charge in [0.05, 0.1) is 43.3 Å². The van der Waals surface area contributed by atoms with Crippen LogP contribution in [-0.4, -0.2) is 72.0 Å². The molecule has 34 heavy (non-hydrogen) atoms. The summed E-state index contributed by atoms with van der Waals surface area (Å²) in [5.74, 6) is -1.55. The number of benzene rings is 1. The fraction of sp³-hybridized carbons (Fsp3) is 0.273. The van der Waals surface area contributed by atoms with Gasteiger partial charge < -0.3 is 14.6 Å². The van der Waals surface area contributed by atoms with Crippen LogP contribution in [0.4, 0.5) is 14.5 Å². The van der Waals surface area contributed by atoms with Crippen LogP contribution in [0.3, 0.4) is 0 Å². The van der Waals surface area contributed by atoms with Gasteiger partial charge in [-0.15, -0.1) is 0 Å². The van der Waals surface area contributed by atoms with Crippen molar-refractivity contribution in [2.24, 2.45) is 0 Å². The molecule has 1 N–H and O–H groups in total. The quantitative estimate of drug-likeness (QED) is 0.464. The molecule has 1 aliphatic rings. The molecule has 1 aliphatic heterocycles. The number of nitrogens with one attached hydrogen (secondary N) is 1. The second kappa shape index (κ2) is 8.37. The van der Waals surface area contributed by atoms with Gasteiger partial charge >= 0.3 is 0 Å². The number of methoxy groups -OCH3 is 1. The second-order valence-electron chi connectivity index (χ2n) is 8.05. The van der Waals surface area contributed by atoms with Crippen LogP contribution in [0.15, 0.2) is 43.0 Å². The molecular weight excluding hydrogens is 466 g/mol. The summed E-state index contributed by atoms with van der Waals surface area (Å²) in [6.45, 7) is 1.94. The minimum Gasteiger partial charge on any atom is -0.493 e. The molecule has 4 heterocycles. The van der Waals surface area contributed by atoms with Crippen molar-refractivity contribution in [3.8, 4) is 22.6 Å². The third-order valence-corrected chi connectivity index (χ3v) is 7.23. The predicted molar refractivity (Wildman–Crippen MR) is 124 cm³/mol. The van der Waals surface area contributed by atoms with E-state index in [0.29, 0.717) is 48.5 Å². The summed E-state index contributed by atoms with van der Waals surface area (Å²) in [5, 5.41) is 5.09. The minimum atomic E-state index is -3.20. The molecular formula is C22H22F2N6O3S. The average molecular weight is 489 g/mol. The van der Waals surface area contributed by atoms with Crippen LogP contribution in [-0.2, 0) is 10.0 Å². The maximum atomic E-state index is 14.3. The van der Waals surface area contributed by atoms with E-state index in [-0.39, 0.29) is 11.3 Å². The molecule has 0 amide bonds. The number of ether oxygens (including phenoxy) is 1. The summed E-state index contributed by atoms with van der Waals surface area (Å²) < 4.78 is 60.0. The number of hydrogen-bond acceptors (Lipinski definition) is 6. The maximum Gasteiger partial charge on any atom is 0.211 e. The summed E-state index contributed by atoms with van der Waals surface area (Å²) in [6, 6.07) is 3.83. The van der Waals surface area contributed by atoms with Gasteiger partial charge in [-0.25, -0.2) is 26.9 Å². The number of anilines is 1. The van der Waals surface area contributed by atoms with E-state index in [9.17, 15) is 17.2 Å². The van der Waals surface area contributed by atoms with Crippen LogP contribution < -0.4 is 9.64 Å². The lowest BCUT2D eigenvalue weighted by Crippen LogP contribution is -2.48. The van der Waals surface area contributed by atoms with Gasteiger partial charge in [0, 0.05) is 55.0 Å². The van der Waals surface area contributed by atoms with Crippen LogP contribution in [0.5, 0.6) is 5.75 Å². The molecule has 0 bridgehead atoms. The molecule has 4 aromatic rings. The highest BCUT2D eigenvalue weighted by Crippen LogP contribution is 2.37. The van der Waals surface area contributed by atoms with Crippen molar-refractivity contribution < 1.29 is 21.9 Å². The van der Waals surface area contributed by atoms with Crippen LogP contribution in [0.1, 0.15) is 0 Å². The molecule has 178 valence electrons. The number of halogens is 2. The Labute approximate surface area is 194 Å². The third kappa shape index (κ3) is 3.99. The highest BCUT2D eigenvalue weighted by molar-refractivity contribution is 7.88. The first-order valence-electron chi connectivity index (χ1n) is 10.5. The lowest BCUT2D eigenvalue weighted by atomic mass is 10.0. The van der Waals surface area contributed by atoms with Crippen LogP contribution in [0.2, 0.25) is 0 Å². The number of sulfonamides is 1. The van der Waals surface area contributed by atoms with Crippen molar-refractivity contribution >= 4 is 26.7 Å². The molecule has 1 aromatic carbocycles. The standard InChI is InChI=1S/C22H22F2N6O3S/c1-33-21-17(7-14(23)8-20(21)24)19-12-26-22-18(19)9-15(10-25-22)30-13-16(11-27-30)28-3-5-29(6-4-28)34(2,31)32/h7-13H,3-6H2,1-2H3,(H,25,26). The number of hydrogen-bond donors (Lipinski definition) is 1. The first-order valence-corrected chi connectivity index (χ1v) is 12.3. The monoisotopic (exact) mass is 488 g/mol. The molecule has 5 rings (SSSR count). The Morgan fingerprint density at radius 3 is 2.50 bits per heavy atom. The normalized spacial score (nSPS) is 15.2. The van der Waals surface area contributed by atoms with Crippen LogP contribution in [0.25, 0.3) is 27.8 Å². The van der Waals surface area contributed by atoms with E-state index >= 15 is 0 Å². The van der Waals surface area contributed by atoms with Gasteiger partial charge in [0.1, 0.15) is 11.5 Å². The summed E-state index contributed by atoms with van der Waals surface area (Å²) in [7, 11) is -1.87. The molecule has 0 atom stereocenters. The largest absolute Gasteiger partial charge is 0.493 e. The Kier molecular flexibility index (Phi) is 5.48. The van der Waals surface area contributed by atoms with E-state index in [1.54, 1.807) is 23.3 Å². The number of aromatic amines is 1. The topological polar surface area (TPSA) is 96.4 Å². The predicted octanol–water partition coefficient (Wildman–Crippen LogP) is 2.78.